The third-order valence-electron chi connectivity index (χ3n) is 4.97. The average molecular weight is 260 g/mol. The lowest BCUT2D eigenvalue weighted by Gasteiger charge is -2.42. The Labute approximate surface area is 118 Å². The minimum absolute atomic E-state index is 0.0519. The van der Waals surface area contributed by atoms with Gasteiger partial charge in [0.05, 0.1) is 6.10 Å². The topological polar surface area (TPSA) is 20.2 Å². The van der Waals surface area contributed by atoms with Gasteiger partial charge in [0, 0.05) is 0 Å². The predicted octanol–water partition coefficient (Wildman–Crippen LogP) is 4.38. The molecule has 0 bridgehead atoms. The number of aliphatic hydroxyl groups is 1. The molecule has 1 aromatic carbocycles. The fraction of sp³-hybridized carbons (Fsp3) is 0.667. The monoisotopic (exact) mass is 260 g/mol. The Morgan fingerprint density at radius 3 is 2.16 bits per heavy atom. The molecule has 1 nitrogen and oxygen atoms in total. The van der Waals surface area contributed by atoms with E-state index in [1.54, 1.807) is 0 Å². The first-order valence-electron chi connectivity index (χ1n) is 7.57. The van der Waals surface area contributed by atoms with Crippen molar-refractivity contribution in [1.82, 2.24) is 0 Å². The maximum Gasteiger partial charge on any atom is 0.0579 e. The molecule has 1 aromatic rings. The molecule has 0 radical (unpaired) electrons. The Morgan fingerprint density at radius 2 is 1.63 bits per heavy atom. The lowest BCUT2D eigenvalue weighted by atomic mass is 9.64. The highest BCUT2D eigenvalue weighted by atomic mass is 16.3. The molecule has 3 unspecified atom stereocenters. The van der Waals surface area contributed by atoms with Crippen molar-refractivity contribution in [3.63, 3.8) is 0 Å². The van der Waals surface area contributed by atoms with Crippen LogP contribution in [0.5, 0.6) is 0 Å². The van der Waals surface area contributed by atoms with Crippen LogP contribution in [0.1, 0.15) is 56.7 Å². The molecule has 1 fully saturated rings. The molecular formula is C18H28O. The van der Waals surface area contributed by atoms with Gasteiger partial charge in [0.2, 0.25) is 0 Å². The maximum absolute atomic E-state index is 10.5. The Morgan fingerprint density at radius 1 is 1.05 bits per heavy atom. The first kappa shape index (κ1) is 14.6. The van der Waals surface area contributed by atoms with Gasteiger partial charge in [0.25, 0.3) is 0 Å². The van der Waals surface area contributed by atoms with E-state index < -0.39 is 0 Å². The summed E-state index contributed by atoms with van der Waals surface area (Å²) in [6, 6.07) is 6.80. The molecule has 1 aliphatic carbocycles. The Balaban J connectivity index is 2.30. The second-order valence-electron chi connectivity index (χ2n) is 7.19. The molecule has 0 amide bonds. The van der Waals surface area contributed by atoms with Gasteiger partial charge in [-0.3, -0.25) is 0 Å². The summed E-state index contributed by atoms with van der Waals surface area (Å²) >= 11 is 0. The molecule has 1 heteroatoms. The molecule has 2 rings (SSSR count). The van der Waals surface area contributed by atoms with E-state index in [1.807, 2.05) is 0 Å². The van der Waals surface area contributed by atoms with Crippen LogP contribution in [-0.4, -0.2) is 11.2 Å². The van der Waals surface area contributed by atoms with Crippen LogP contribution in [-0.2, 0) is 5.41 Å². The van der Waals surface area contributed by atoms with Crippen molar-refractivity contribution >= 4 is 0 Å². The van der Waals surface area contributed by atoms with Crippen LogP contribution in [0, 0.1) is 25.7 Å². The zero-order valence-corrected chi connectivity index (χ0v) is 13.0. The standard InChI is InChI=1S/C18H28O/c1-12-6-7-16(17(19)11-12)18(4,5)15-9-13(2)8-14(3)10-15/h8-10,12,16-17,19H,6-7,11H2,1-5H3. The van der Waals surface area contributed by atoms with Crippen LogP contribution in [0.2, 0.25) is 0 Å². The van der Waals surface area contributed by atoms with Crippen LogP contribution in [0.25, 0.3) is 0 Å². The van der Waals surface area contributed by atoms with Gasteiger partial charge in [-0.1, -0.05) is 56.5 Å². The van der Waals surface area contributed by atoms with Crippen molar-refractivity contribution in [2.75, 3.05) is 0 Å². The van der Waals surface area contributed by atoms with E-state index in [1.165, 1.54) is 23.1 Å². The van der Waals surface area contributed by atoms with E-state index in [2.05, 4.69) is 52.8 Å². The van der Waals surface area contributed by atoms with Gasteiger partial charge in [-0.25, -0.2) is 0 Å². The van der Waals surface area contributed by atoms with E-state index in [9.17, 15) is 5.11 Å². The van der Waals surface area contributed by atoms with Crippen molar-refractivity contribution in [3.05, 3.63) is 34.9 Å². The van der Waals surface area contributed by atoms with Crippen molar-refractivity contribution < 1.29 is 5.11 Å². The molecule has 0 aliphatic heterocycles. The maximum atomic E-state index is 10.5. The summed E-state index contributed by atoms with van der Waals surface area (Å²) in [5.74, 6) is 1.05. The van der Waals surface area contributed by atoms with Crippen LogP contribution in [0.3, 0.4) is 0 Å². The third-order valence-corrected chi connectivity index (χ3v) is 4.97. The molecule has 1 saturated carbocycles. The molecule has 1 aliphatic rings. The molecule has 0 heterocycles. The lowest BCUT2D eigenvalue weighted by molar-refractivity contribution is 0.0143. The van der Waals surface area contributed by atoms with E-state index in [-0.39, 0.29) is 11.5 Å². The van der Waals surface area contributed by atoms with Crippen molar-refractivity contribution in [2.24, 2.45) is 11.8 Å². The smallest absolute Gasteiger partial charge is 0.0579 e. The van der Waals surface area contributed by atoms with Gasteiger partial charge in [-0.2, -0.15) is 0 Å². The van der Waals surface area contributed by atoms with E-state index in [0.717, 1.165) is 12.8 Å². The highest BCUT2D eigenvalue weighted by Gasteiger charge is 2.39. The largest absolute Gasteiger partial charge is 0.393 e. The van der Waals surface area contributed by atoms with Crippen molar-refractivity contribution in [1.29, 1.82) is 0 Å². The molecule has 3 atom stereocenters. The number of hydrogen-bond acceptors (Lipinski definition) is 1. The van der Waals surface area contributed by atoms with Gasteiger partial charge in [0.1, 0.15) is 0 Å². The zero-order valence-electron chi connectivity index (χ0n) is 13.0. The van der Waals surface area contributed by atoms with Gasteiger partial charge in [-0.05, 0) is 49.5 Å². The Hall–Kier alpha value is -0.820. The van der Waals surface area contributed by atoms with Gasteiger partial charge < -0.3 is 5.11 Å². The first-order valence-corrected chi connectivity index (χ1v) is 7.57. The second-order valence-corrected chi connectivity index (χ2v) is 7.19. The second kappa shape index (κ2) is 5.28. The molecular weight excluding hydrogens is 232 g/mol. The number of rotatable bonds is 2. The molecule has 106 valence electrons. The van der Waals surface area contributed by atoms with Gasteiger partial charge in [-0.15, -0.1) is 0 Å². The molecule has 0 spiro atoms. The van der Waals surface area contributed by atoms with Crippen LogP contribution in [0.15, 0.2) is 18.2 Å². The number of benzene rings is 1. The Kier molecular flexibility index (Phi) is 4.06. The first-order chi connectivity index (χ1) is 8.80. The van der Waals surface area contributed by atoms with Crippen molar-refractivity contribution in [2.45, 2.75) is 65.4 Å². The number of aliphatic hydroxyl groups excluding tert-OH is 1. The summed E-state index contributed by atoms with van der Waals surface area (Å²) in [6.07, 6.45) is 3.19. The minimum atomic E-state index is -0.153. The highest BCUT2D eigenvalue weighted by Crippen LogP contribution is 2.42. The summed E-state index contributed by atoms with van der Waals surface area (Å²) in [7, 11) is 0. The summed E-state index contributed by atoms with van der Waals surface area (Å²) < 4.78 is 0. The van der Waals surface area contributed by atoms with E-state index >= 15 is 0 Å². The fourth-order valence-electron chi connectivity index (χ4n) is 3.75. The van der Waals surface area contributed by atoms with Crippen molar-refractivity contribution in [3.8, 4) is 0 Å². The number of aryl methyl sites for hydroxylation is 2. The lowest BCUT2D eigenvalue weighted by Crippen LogP contribution is -2.41. The van der Waals surface area contributed by atoms with Crippen LogP contribution < -0.4 is 0 Å². The third kappa shape index (κ3) is 3.02. The highest BCUT2D eigenvalue weighted by molar-refractivity contribution is 5.34. The molecule has 0 aromatic heterocycles. The summed E-state index contributed by atoms with van der Waals surface area (Å²) in [4.78, 5) is 0. The van der Waals surface area contributed by atoms with Crippen LogP contribution in [0.4, 0.5) is 0 Å². The van der Waals surface area contributed by atoms with E-state index in [4.69, 9.17) is 0 Å². The SMILES string of the molecule is Cc1cc(C)cc(C(C)(C)C2CCC(C)CC2O)c1. The van der Waals surface area contributed by atoms with Gasteiger partial charge in [0.15, 0.2) is 0 Å². The Bertz CT molecular complexity index is 427. The summed E-state index contributed by atoms with van der Waals surface area (Å²) in [5, 5.41) is 10.5. The quantitative estimate of drug-likeness (QED) is 0.836. The molecule has 1 N–H and O–H groups in total. The average Bonchev–Trinajstić information content (AvgIpc) is 2.26. The molecule has 19 heavy (non-hydrogen) atoms. The predicted molar refractivity (Wildman–Crippen MR) is 81.5 cm³/mol. The minimum Gasteiger partial charge on any atom is -0.393 e. The molecule has 0 saturated heterocycles. The van der Waals surface area contributed by atoms with Gasteiger partial charge >= 0.3 is 0 Å². The normalized spacial score (nSPS) is 28.4. The number of hydrogen-bond donors (Lipinski definition) is 1. The van der Waals surface area contributed by atoms with Crippen LogP contribution >= 0.6 is 0 Å². The fourth-order valence-corrected chi connectivity index (χ4v) is 3.75. The summed E-state index contributed by atoms with van der Waals surface area (Å²) in [6.45, 7) is 11.2. The summed E-state index contributed by atoms with van der Waals surface area (Å²) in [5.41, 5.74) is 4.07. The van der Waals surface area contributed by atoms with E-state index in [0.29, 0.717) is 11.8 Å². The zero-order chi connectivity index (χ0) is 14.2.